The van der Waals surface area contributed by atoms with E-state index in [0.717, 1.165) is 12.5 Å². The van der Waals surface area contributed by atoms with Crippen LogP contribution in [0.4, 0.5) is 0 Å². The van der Waals surface area contributed by atoms with Gasteiger partial charge in [-0.2, -0.15) is 0 Å². The van der Waals surface area contributed by atoms with E-state index in [0.29, 0.717) is 18.2 Å². The monoisotopic (exact) mass is 254 g/mol. The third kappa shape index (κ3) is 3.46. The van der Waals surface area contributed by atoms with Crippen molar-refractivity contribution in [2.45, 2.75) is 63.6 Å². The van der Waals surface area contributed by atoms with Crippen molar-refractivity contribution in [2.24, 2.45) is 5.92 Å². The molecule has 0 bridgehead atoms. The van der Waals surface area contributed by atoms with Crippen LogP contribution >= 0.6 is 0 Å². The Kier molecular flexibility index (Phi) is 5.46. The van der Waals surface area contributed by atoms with Gasteiger partial charge in [0.15, 0.2) is 0 Å². The van der Waals surface area contributed by atoms with Gasteiger partial charge in [-0.3, -0.25) is 0 Å². The molecule has 2 aliphatic rings. The molecule has 4 atom stereocenters. The van der Waals surface area contributed by atoms with Gasteiger partial charge in [0.05, 0.1) is 6.10 Å². The van der Waals surface area contributed by atoms with Crippen LogP contribution in [0.25, 0.3) is 0 Å². The highest BCUT2D eigenvalue weighted by atomic mass is 16.5. The summed E-state index contributed by atoms with van der Waals surface area (Å²) in [5, 5.41) is 3.54. The Hall–Kier alpha value is -0.120. The molecule has 4 unspecified atom stereocenters. The summed E-state index contributed by atoms with van der Waals surface area (Å²) >= 11 is 0. The van der Waals surface area contributed by atoms with Crippen LogP contribution in [-0.2, 0) is 4.74 Å². The Balaban J connectivity index is 1.89. The molecule has 3 nitrogen and oxygen atoms in total. The van der Waals surface area contributed by atoms with E-state index in [1.807, 2.05) is 0 Å². The number of nitrogens with one attached hydrogen (secondary N) is 1. The molecule has 3 heteroatoms. The van der Waals surface area contributed by atoms with Gasteiger partial charge < -0.3 is 15.0 Å². The Morgan fingerprint density at radius 1 is 1.17 bits per heavy atom. The average Bonchev–Trinajstić information content (AvgIpc) is 2.66. The lowest BCUT2D eigenvalue weighted by Gasteiger charge is -2.33. The molecule has 0 radical (unpaired) electrons. The zero-order valence-electron chi connectivity index (χ0n) is 12.3. The van der Waals surface area contributed by atoms with Crippen LogP contribution in [0.3, 0.4) is 0 Å². The Morgan fingerprint density at radius 3 is 2.61 bits per heavy atom. The van der Waals surface area contributed by atoms with Crippen LogP contribution in [0.5, 0.6) is 0 Å². The van der Waals surface area contributed by atoms with Crippen LogP contribution in [-0.4, -0.2) is 50.3 Å². The molecule has 1 heterocycles. The zero-order valence-corrected chi connectivity index (χ0v) is 12.3. The molecule has 1 saturated heterocycles. The maximum absolute atomic E-state index is 5.70. The summed E-state index contributed by atoms with van der Waals surface area (Å²) in [4.78, 5) is 2.55. The fraction of sp³-hybridized carbons (Fsp3) is 1.00. The van der Waals surface area contributed by atoms with E-state index in [4.69, 9.17) is 4.74 Å². The van der Waals surface area contributed by atoms with Gasteiger partial charge in [-0.05, 0) is 46.2 Å². The molecule has 0 aromatic carbocycles. The topological polar surface area (TPSA) is 24.5 Å². The van der Waals surface area contributed by atoms with Gasteiger partial charge >= 0.3 is 0 Å². The van der Waals surface area contributed by atoms with Crippen molar-refractivity contribution in [3.8, 4) is 0 Å². The lowest BCUT2D eigenvalue weighted by Crippen LogP contribution is -2.44. The number of hydrogen-bond acceptors (Lipinski definition) is 3. The number of hydrogen-bond donors (Lipinski definition) is 1. The van der Waals surface area contributed by atoms with Crippen LogP contribution in [0.1, 0.15) is 45.4 Å². The van der Waals surface area contributed by atoms with Crippen LogP contribution < -0.4 is 5.32 Å². The molecular weight excluding hydrogens is 224 g/mol. The molecule has 0 aromatic rings. The Labute approximate surface area is 112 Å². The van der Waals surface area contributed by atoms with Gasteiger partial charge in [0.25, 0.3) is 0 Å². The van der Waals surface area contributed by atoms with Gasteiger partial charge in [0, 0.05) is 25.2 Å². The Bertz CT molecular complexity index is 247. The molecule has 106 valence electrons. The molecule has 1 N–H and O–H groups in total. The van der Waals surface area contributed by atoms with Crippen molar-refractivity contribution >= 4 is 0 Å². The summed E-state index contributed by atoms with van der Waals surface area (Å²) in [7, 11) is 4.41. The van der Waals surface area contributed by atoms with E-state index in [1.165, 1.54) is 45.1 Å². The summed E-state index contributed by atoms with van der Waals surface area (Å²) in [6.07, 6.45) is 8.58. The molecule has 0 amide bonds. The highest BCUT2D eigenvalue weighted by Gasteiger charge is 2.31. The molecule has 18 heavy (non-hydrogen) atoms. The molecule has 2 rings (SSSR count). The lowest BCUT2D eigenvalue weighted by atomic mass is 9.93. The highest BCUT2D eigenvalue weighted by Crippen LogP contribution is 2.26. The second kappa shape index (κ2) is 6.88. The Morgan fingerprint density at radius 2 is 1.94 bits per heavy atom. The fourth-order valence-electron chi connectivity index (χ4n) is 3.79. The predicted molar refractivity (Wildman–Crippen MR) is 75.9 cm³/mol. The molecule has 0 spiro atoms. The summed E-state index contributed by atoms with van der Waals surface area (Å²) in [5.41, 5.74) is 0. The lowest BCUT2D eigenvalue weighted by molar-refractivity contribution is 0.0747. The van der Waals surface area contributed by atoms with E-state index in [2.05, 4.69) is 31.2 Å². The summed E-state index contributed by atoms with van der Waals surface area (Å²) in [6.45, 7) is 4.39. The second-order valence-electron chi connectivity index (χ2n) is 6.16. The van der Waals surface area contributed by atoms with Crippen molar-refractivity contribution in [3.63, 3.8) is 0 Å². The van der Waals surface area contributed by atoms with E-state index in [9.17, 15) is 0 Å². The number of ether oxygens (including phenoxy) is 1. The predicted octanol–water partition coefficient (Wildman–Crippen LogP) is 2.26. The van der Waals surface area contributed by atoms with Crippen molar-refractivity contribution < 1.29 is 4.74 Å². The molecule has 1 aliphatic carbocycles. The number of nitrogens with zero attached hydrogens (tertiary/aromatic N) is 1. The first kappa shape index (κ1) is 14.3. The van der Waals surface area contributed by atoms with Gasteiger partial charge in [0.1, 0.15) is 0 Å². The summed E-state index contributed by atoms with van der Waals surface area (Å²) in [5.74, 6) is 0.815. The fourth-order valence-corrected chi connectivity index (χ4v) is 3.79. The van der Waals surface area contributed by atoms with E-state index in [1.54, 1.807) is 0 Å². The van der Waals surface area contributed by atoms with Gasteiger partial charge in [-0.15, -0.1) is 0 Å². The van der Waals surface area contributed by atoms with Crippen LogP contribution in [0.2, 0.25) is 0 Å². The van der Waals surface area contributed by atoms with E-state index >= 15 is 0 Å². The van der Waals surface area contributed by atoms with Crippen molar-refractivity contribution in [3.05, 3.63) is 0 Å². The third-order valence-electron chi connectivity index (χ3n) is 4.95. The summed E-state index contributed by atoms with van der Waals surface area (Å²) in [6, 6.07) is 1.35. The van der Waals surface area contributed by atoms with Gasteiger partial charge in [0.2, 0.25) is 0 Å². The molecule has 2 fully saturated rings. The normalized spacial score (nSPS) is 38.0. The molecule has 0 aromatic heterocycles. The molecule has 1 saturated carbocycles. The first-order valence-electron chi connectivity index (χ1n) is 7.71. The smallest absolute Gasteiger partial charge is 0.0702 e. The van der Waals surface area contributed by atoms with E-state index in [-0.39, 0.29) is 0 Å². The van der Waals surface area contributed by atoms with Crippen molar-refractivity contribution in [2.75, 3.05) is 27.2 Å². The molecule has 1 aliphatic heterocycles. The second-order valence-corrected chi connectivity index (χ2v) is 6.16. The average molecular weight is 254 g/mol. The van der Waals surface area contributed by atoms with E-state index < -0.39 is 0 Å². The van der Waals surface area contributed by atoms with Crippen LogP contribution in [0, 0.1) is 5.92 Å². The minimum Gasteiger partial charge on any atom is -0.377 e. The first-order valence-corrected chi connectivity index (χ1v) is 7.71. The quantitative estimate of drug-likeness (QED) is 0.779. The zero-order chi connectivity index (χ0) is 13.0. The minimum atomic E-state index is 0.411. The maximum atomic E-state index is 5.70. The standard InChI is InChI=1S/C15H30N2O/c1-12-15(9-10-18-12)17(3)11-13-7-5-4-6-8-14(13)16-2/h12-16H,4-11H2,1-3H3. The number of likely N-dealkylation sites (N-methyl/N-ethyl adjacent to an activating group) is 1. The van der Waals surface area contributed by atoms with Crippen LogP contribution in [0.15, 0.2) is 0 Å². The highest BCUT2D eigenvalue weighted by molar-refractivity contribution is 4.85. The summed E-state index contributed by atoms with van der Waals surface area (Å²) < 4.78 is 5.70. The SMILES string of the molecule is CNC1CCCCCC1CN(C)C1CCOC1C. The third-order valence-corrected chi connectivity index (χ3v) is 4.95. The molecular formula is C15H30N2O. The largest absolute Gasteiger partial charge is 0.377 e. The van der Waals surface area contributed by atoms with Gasteiger partial charge in [-0.25, -0.2) is 0 Å². The van der Waals surface area contributed by atoms with Gasteiger partial charge in [-0.1, -0.05) is 19.3 Å². The first-order chi connectivity index (χ1) is 8.72. The van der Waals surface area contributed by atoms with Crippen molar-refractivity contribution in [1.29, 1.82) is 0 Å². The maximum Gasteiger partial charge on any atom is 0.0702 e. The number of rotatable bonds is 4. The minimum absolute atomic E-state index is 0.411. The van der Waals surface area contributed by atoms with Crippen molar-refractivity contribution in [1.82, 2.24) is 10.2 Å².